The van der Waals surface area contributed by atoms with Crippen LogP contribution in [-0.2, 0) is 12.8 Å². The van der Waals surface area contributed by atoms with Gasteiger partial charge in [0.25, 0.3) is 0 Å². The van der Waals surface area contributed by atoms with Gasteiger partial charge in [-0.2, -0.15) is 9.97 Å². The number of nitrogens with one attached hydrogen (secondary N) is 12. The van der Waals surface area contributed by atoms with E-state index in [2.05, 4.69) is 119 Å². The van der Waals surface area contributed by atoms with Crippen LogP contribution in [0.25, 0.3) is 44.4 Å². The van der Waals surface area contributed by atoms with Crippen molar-refractivity contribution in [1.82, 2.24) is 80.4 Å². The number of aliphatic imine (C=N–C) groups is 1. The summed E-state index contributed by atoms with van der Waals surface area (Å²) in [5.74, 6) is 6.52. The van der Waals surface area contributed by atoms with Crippen molar-refractivity contribution in [1.29, 1.82) is 0 Å². The highest BCUT2D eigenvalue weighted by atomic mass is 15.3. The molecular formula is C69H136N22. The molecule has 522 valence electrons. The number of pyridine rings is 2. The predicted octanol–water partition coefficient (Wildman–Crippen LogP) is 18.3. The van der Waals surface area contributed by atoms with E-state index in [4.69, 9.17) is 0 Å². The molecule has 9 aromatic rings. The lowest BCUT2D eigenvalue weighted by molar-refractivity contribution is 0.374. The largest absolute Gasteiger partial charge is 0.359 e. The number of hydrogen-bond acceptors (Lipinski definition) is 15. The second-order valence-corrected chi connectivity index (χ2v) is 17.5. The van der Waals surface area contributed by atoms with Crippen LogP contribution in [0.3, 0.4) is 0 Å². The van der Waals surface area contributed by atoms with E-state index >= 15 is 0 Å². The zero-order chi connectivity index (χ0) is 64.4. The quantitative estimate of drug-likeness (QED) is 0.0763. The molecule has 0 spiro atoms. The first-order valence-corrected chi connectivity index (χ1v) is 31.2. The molecule has 1 saturated heterocycles. The summed E-state index contributed by atoms with van der Waals surface area (Å²) in [6.07, 6.45) is 10.7. The van der Waals surface area contributed by atoms with Crippen LogP contribution in [0.1, 0.15) is 215 Å². The van der Waals surface area contributed by atoms with Crippen molar-refractivity contribution in [2.75, 3.05) is 68.9 Å². The molecule has 8 aromatic heterocycles. The van der Waals surface area contributed by atoms with Gasteiger partial charge in [0.15, 0.2) is 23.2 Å². The van der Waals surface area contributed by atoms with Gasteiger partial charge in [-0.3, -0.25) is 9.98 Å². The van der Waals surface area contributed by atoms with Crippen molar-refractivity contribution in [3.8, 4) is 0 Å². The first kappa shape index (κ1) is 96.6. The Morgan fingerprint density at radius 1 is 0.462 bits per heavy atom. The molecule has 12 N–H and O–H groups in total. The summed E-state index contributed by atoms with van der Waals surface area (Å²) in [7, 11) is 11.0. The molecular weight excluding hydrogens is 1140 g/mol. The van der Waals surface area contributed by atoms with E-state index < -0.39 is 0 Å². The number of anilines is 5. The van der Waals surface area contributed by atoms with Crippen molar-refractivity contribution < 1.29 is 0 Å². The van der Waals surface area contributed by atoms with Gasteiger partial charge < -0.3 is 62.1 Å². The number of imidazole rings is 5. The van der Waals surface area contributed by atoms with Gasteiger partial charge in [0.2, 0.25) is 23.8 Å². The fourth-order valence-corrected chi connectivity index (χ4v) is 8.43. The summed E-state index contributed by atoms with van der Waals surface area (Å²) in [6.45, 7) is 38.0. The standard InChI is InChI=1S/C9H15N3.C8H11N5.2C8H10N4.C8H15N3.C8H9N3.7C2H6.6CH4/c1-6-3-4-7-8(5-6)12-9(10-2)11-7;1-4-6-7(11-5(2)10-4)13-8(9-3)12-6;1-5-7-6(3-4-10-5)11-8(9-2)12-7;1-5-3-4-6-7(10-5)12-8(9-2)11-6;2*1-9-8-10-6-4-2-3-5-7(6)11-8;7*1-2;;;;;;/h6H,3-5H2,1-2H3,(H2,10,11,12);1-3H3,(H2,9,10,11,12,13);3-4H,1-2H3,(H2,9,11,12);3-4H,1-2H3,(H2,9,10,11,12);6-7H,2-5H2,1H3,(H2,9,10,11);2-5H,1H3,(H2,9,10,11);7*1-2H3;6*1H4. The number of guanidine groups is 1. The molecule has 0 radical (unpaired) electrons. The number of benzene rings is 1. The zero-order valence-corrected chi connectivity index (χ0v) is 56.8. The summed E-state index contributed by atoms with van der Waals surface area (Å²) in [4.78, 5) is 58.1. The predicted molar refractivity (Wildman–Crippen MR) is 408 cm³/mol. The van der Waals surface area contributed by atoms with Crippen molar-refractivity contribution in [2.45, 2.75) is 233 Å². The molecule has 1 aliphatic heterocycles. The number of aromatic nitrogens is 14. The van der Waals surface area contributed by atoms with Gasteiger partial charge in [0.05, 0.1) is 39.1 Å². The minimum absolute atomic E-state index is 0. The summed E-state index contributed by atoms with van der Waals surface area (Å²) < 4.78 is 0. The van der Waals surface area contributed by atoms with E-state index in [1.807, 2.05) is 209 Å². The Balaban J connectivity index is -0.000000177. The lowest BCUT2D eigenvalue weighted by atomic mass is 9.92. The second-order valence-electron chi connectivity index (χ2n) is 17.5. The highest BCUT2D eigenvalue weighted by Gasteiger charge is 2.31. The van der Waals surface area contributed by atoms with Crippen molar-refractivity contribution in [2.24, 2.45) is 10.9 Å². The molecule has 2 fully saturated rings. The van der Waals surface area contributed by atoms with Crippen molar-refractivity contribution >= 4 is 80.1 Å². The van der Waals surface area contributed by atoms with E-state index in [0.717, 1.165) is 116 Å². The summed E-state index contributed by atoms with van der Waals surface area (Å²) in [6, 6.07) is 15.1. The molecule has 1 saturated carbocycles. The number of para-hydroxylation sites is 2. The van der Waals surface area contributed by atoms with Gasteiger partial charge in [-0.1, -0.05) is 173 Å². The second kappa shape index (κ2) is 56.0. The van der Waals surface area contributed by atoms with Crippen LogP contribution in [0.2, 0.25) is 0 Å². The van der Waals surface area contributed by atoms with Crippen molar-refractivity contribution in [3.05, 3.63) is 83.0 Å². The Bertz CT molecular complexity index is 3100. The first-order chi connectivity index (χ1) is 41.4. The van der Waals surface area contributed by atoms with Crippen LogP contribution in [-0.4, -0.2) is 130 Å². The van der Waals surface area contributed by atoms with E-state index in [-0.39, 0.29) is 44.6 Å². The maximum Gasteiger partial charge on any atom is 0.202 e. The number of aromatic amines is 5. The average molecular weight is 1270 g/mol. The van der Waals surface area contributed by atoms with Gasteiger partial charge in [-0.15, -0.1) is 0 Å². The highest BCUT2D eigenvalue weighted by Crippen LogP contribution is 2.25. The number of nitrogens with zero attached hydrogens (tertiary/aromatic N) is 10. The van der Waals surface area contributed by atoms with Crippen LogP contribution < -0.4 is 37.2 Å². The van der Waals surface area contributed by atoms with Gasteiger partial charge in [0.1, 0.15) is 16.9 Å². The third kappa shape index (κ3) is 31.0. The zero-order valence-electron chi connectivity index (χ0n) is 56.8. The molecule has 3 unspecified atom stereocenters. The number of hydrogen-bond donors (Lipinski definition) is 12. The number of H-pyrrole nitrogens is 5. The van der Waals surface area contributed by atoms with Gasteiger partial charge >= 0.3 is 0 Å². The molecule has 22 heteroatoms. The Kier molecular flexibility index (Phi) is 59.4. The Hall–Kier alpha value is -8.04. The lowest BCUT2D eigenvalue weighted by Gasteiger charge is -2.23. The third-order valence-electron chi connectivity index (χ3n) is 12.2. The smallest absolute Gasteiger partial charge is 0.202 e. The molecule has 2 aliphatic carbocycles. The van der Waals surface area contributed by atoms with Crippen LogP contribution in [0.15, 0.2) is 53.7 Å². The maximum atomic E-state index is 4.44. The third-order valence-corrected chi connectivity index (χ3v) is 12.2. The molecule has 3 atom stereocenters. The SMILES string of the molecule is C.C.C.C.C.C.CC.CC.CC.CC.CC.CC.CC.CN=C1NC2CCCCC2N1.CNc1nc2c(C)nccc2[nH]1.CNc1nc2c([nH]1)CC(C)CC2.CNc1nc2ccccc2[nH]1.CNc1nc2nc(C)ccc2[nH]1.CNc1nc2nc(C)nc(C)c2[nH]1. The number of fused-ring (bicyclic) bond motifs is 6. The van der Waals surface area contributed by atoms with Crippen molar-refractivity contribution in [3.63, 3.8) is 0 Å². The molecule has 1 aromatic carbocycles. The van der Waals surface area contributed by atoms with Gasteiger partial charge in [-0.05, 0) is 96.0 Å². The van der Waals surface area contributed by atoms with Crippen LogP contribution in [0, 0.1) is 33.6 Å². The average Bonchev–Trinajstić information content (AvgIpc) is 2.22. The van der Waals surface area contributed by atoms with Crippen LogP contribution >= 0.6 is 0 Å². The van der Waals surface area contributed by atoms with Gasteiger partial charge in [0, 0.05) is 72.0 Å². The maximum absolute atomic E-state index is 4.44. The summed E-state index contributed by atoms with van der Waals surface area (Å²) in [5.41, 5.74) is 12.8. The van der Waals surface area contributed by atoms with Gasteiger partial charge in [-0.25, -0.2) is 29.9 Å². The van der Waals surface area contributed by atoms with Crippen LogP contribution in [0.5, 0.6) is 0 Å². The fourth-order valence-electron chi connectivity index (χ4n) is 8.43. The van der Waals surface area contributed by atoms with E-state index in [1.165, 1.54) is 43.5 Å². The summed E-state index contributed by atoms with van der Waals surface area (Å²) >= 11 is 0. The molecule has 0 amide bonds. The monoisotopic (exact) mass is 1270 g/mol. The summed E-state index contributed by atoms with van der Waals surface area (Å²) in [5, 5.41) is 21.6. The van der Waals surface area contributed by atoms with Crippen LogP contribution in [0.4, 0.5) is 29.7 Å². The Morgan fingerprint density at radius 3 is 1.47 bits per heavy atom. The minimum Gasteiger partial charge on any atom is -0.359 e. The highest BCUT2D eigenvalue weighted by molar-refractivity contribution is 5.83. The molecule has 3 aliphatic rings. The lowest BCUT2D eigenvalue weighted by Crippen LogP contribution is -2.36. The first-order valence-electron chi connectivity index (χ1n) is 31.2. The Morgan fingerprint density at radius 2 is 0.945 bits per heavy atom. The molecule has 0 bridgehead atoms. The normalized spacial score (nSPS) is 13.2. The van der Waals surface area contributed by atoms with E-state index in [9.17, 15) is 0 Å². The number of aryl methyl sites for hydroxylation is 5. The molecule has 91 heavy (non-hydrogen) atoms. The topological polar surface area (TPSA) is 292 Å². The van der Waals surface area contributed by atoms with E-state index in [0.29, 0.717) is 17.7 Å². The Labute approximate surface area is 554 Å². The molecule has 12 rings (SSSR count). The molecule has 9 heterocycles. The number of rotatable bonds is 5. The fraction of sp³-hybridized carbons (Fsp3) is 0.594. The minimum atomic E-state index is 0. The van der Waals surface area contributed by atoms with E-state index in [1.54, 1.807) is 6.20 Å². The molecule has 22 nitrogen and oxygen atoms in total.